The third-order valence-electron chi connectivity index (χ3n) is 2.09. The van der Waals surface area contributed by atoms with Crippen LogP contribution in [0.1, 0.15) is 53.9 Å². The summed E-state index contributed by atoms with van der Waals surface area (Å²) in [7, 11) is 2.00. The summed E-state index contributed by atoms with van der Waals surface area (Å²) in [4.78, 5) is 0. The van der Waals surface area contributed by atoms with Gasteiger partial charge in [-0.15, -0.1) is 0 Å². The molecule has 0 aromatic rings. The van der Waals surface area contributed by atoms with E-state index >= 15 is 0 Å². The zero-order valence-electron chi connectivity index (χ0n) is 9.18. The molecular formula is C10H22BO. The van der Waals surface area contributed by atoms with E-state index in [0.717, 1.165) is 6.42 Å². The Hall–Kier alpha value is 0.0249. The lowest BCUT2D eigenvalue weighted by Gasteiger charge is -2.23. The van der Waals surface area contributed by atoms with Crippen LogP contribution in [0.15, 0.2) is 0 Å². The van der Waals surface area contributed by atoms with Crippen molar-refractivity contribution in [2.45, 2.75) is 65.3 Å². The fourth-order valence-corrected chi connectivity index (χ4v) is 1.10. The normalized spacial score (nSPS) is 14.4. The Kier molecular flexibility index (Phi) is 5.64. The minimum Gasteiger partial charge on any atom is -0.438 e. The van der Waals surface area contributed by atoms with Gasteiger partial charge in [0.2, 0.25) is 0 Å². The number of hydrogen-bond acceptors (Lipinski definition) is 1. The van der Waals surface area contributed by atoms with Crippen LogP contribution in [0.3, 0.4) is 0 Å². The predicted octanol–water partition coefficient (Wildman–Crippen LogP) is 3.42. The predicted molar refractivity (Wildman–Crippen MR) is 55.5 cm³/mol. The van der Waals surface area contributed by atoms with Gasteiger partial charge in [-0.1, -0.05) is 40.5 Å². The molecule has 0 saturated heterocycles. The van der Waals surface area contributed by atoms with Gasteiger partial charge in [0, 0.05) is 6.10 Å². The van der Waals surface area contributed by atoms with Crippen molar-refractivity contribution in [2.75, 3.05) is 0 Å². The summed E-state index contributed by atoms with van der Waals surface area (Å²) in [6, 6.07) is 0. The molecule has 71 valence electrons. The summed E-state index contributed by atoms with van der Waals surface area (Å²) in [5.41, 5.74) is 0. The second-order valence-corrected chi connectivity index (χ2v) is 4.21. The van der Waals surface area contributed by atoms with Gasteiger partial charge in [0.1, 0.15) is 0 Å². The third-order valence-corrected chi connectivity index (χ3v) is 2.09. The smallest absolute Gasteiger partial charge is 0.298 e. The van der Waals surface area contributed by atoms with E-state index in [1.54, 1.807) is 0 Å². The summed E-state index contributed by atoms with van der Waals surface area (Å²) in [5.74, 6) is 0. The van der Waals surface area contributed by atoms with Crippen molar-refractivity contribution in [3.63, 3.8) is 0 Å². The molecule has 0 saturated carbocycles. The van der Waals surface area contributed by atoms with E-state index in [2.05, 4.69) is 34.6 Å². The first-order chi connectivity index (χ1) is 5.52. The van der Waals surface area contributed by atoms with Crippen LogP contribution in [0, 0.1) is 0 Å². The van der Waals surface area contributed by atoms with Crippen LogP contribution < -0.4 is 0 Å². The third kappa shape index (κ3) is 5.65. The molecule has 0 amide bonds. The summed E-state index contributed by atoms with van der Waals surface area (Å²) in [6.45, 7) is 10.9. The standard InChI is InChI=1S/C10H22BO/c1-6-8-10(4,5)11-12-9(3)7-2/h9H,6-8H2,1-5H3. The minimum atomic E-state index is 0.234. The van der Waals surface area contributed by atoms with Crippen molar-refractivity contribution in [3.05, 3.63) is 0 Å². The lowest BCUT2D eigenvalue weighted by Crippen LogP contribution is -2.20. The molecule has 0 rings (SSSR count). The molecule has 0 bridgehead atoms. The van der Waals surface area contributed by atoms with Crippen molar-refractivity contribution in [1.82, 2.24) is 0 Å². The van der Waals surface area contributed by atoms with E-state index in [4.69, 9.17) is 4.65 Å². The Balaban J connectivity index is 3.59. The van der Waals surface area contributed by atoms with E-state index in [0.29, 0.717) is 6.10 Å². The molecule has 0 spiro atoms. The largest absolute Gasteiger partial charge is 0.438 e. The maximum atomic E-state index is 5.58. The van der Waals surface area contributed by atoms with E-state index in [9.17, 15) is 0 Å². The molecule has 0 fully saturated rings. The molecular weight excluding hydrogens is 147 g/mol. The monoisotopic (exact) mass is 169 g/mol. The Labute approximate surface area is 78.2 Å². The molecule has 1 unspecified atom stereocenters. The minimum absolute atomic E-state index is 0.234. The molecule has 0 aromatic carbocycles. The van der Waals surface area contributed by atoms with Gasteiger partial charge in [-0.05, 0) is 18.7 Å². The highest BCUT2D eigenvalue weighted by molar-refractivity contribution is 6.31. The highest BCUT2D eigenvalue weighted by atomic mass is 16.4. The Morgan fingerprint density at radius 2 is 1.92 bits per heavy atom. The first-order valence-corrected chi connectivity index (χ1v) is 5.01. The first kappa shape index (κ1) is 12.0. The zero-order valence-corrected chi connectivity index (χ0v) is 9.18. The van der Waals surface area contributed by atoms with Crippen LogP contribution in [0.5, 0.6) is 0 Å². The molecule has 0 aromatic heterocycles. The van der Waals surface area contributed by atoms with Crippen molar-refractivity contribution in [1.29, 1.82) is 0 Å². The van der Waals surface area contributed by atoms with Crippen molar-refractivity contribution in [2.24, 2.45) is 0 Å². The lowest BCUT2D eigenvalue weighted by atomic mass is 9.64. The van der Waals surface area contributed by atoms with Crippen LogP contribution in [0.4, 0.5) is 0 Å². The molecule has 0 N–H and O–H groups in total. The molecule has 0 aliphatic heterocycles. The second kappa shape index (κ2) is 5.63. The second-order valence-electron chi connectivity index (χ2n) is 4.21. The fraction of sp³-hybridized carbons (Fsp3) is 1.00. The summed E-state index contributed by atoms with van der Waals surface area (Å²) in [5, 5.41) is 0.234. The maximum absolute atomic E-state index is 5.58. The molecule has 2 heteroatoms. The van der Waals surface area contributed by atoms with Crippen LogP contribution in [0.2, 0.25) is 5.31 Å². The van der Waals surface area contributed by atoms with E-state index in [1.807, 2.05) is 7.48 Å². The Morgan fingerprint density at radius 1 is 1.33 bits per heavy atom. The van der Waals surface area contributed by atoms with Gasteiger partial charge < -0.3 is 4.65 Å². The van der Waals surface area contributed by atoms with Crippen LogP contribution in [-0.4, -0.2) is 13.6 Å². The first-order valence-electron chi connectivity index (χ1n) is 5.01. The molecule has 1 atom stereocenters. The highest BCUT2D eigenvalue weighted by Gasteiger charge is 2.20. The molecule has 0 heterocycles. The Morgan fingerprint density at radius 3 is 2.33 bits per heavy atom. The molecule has 12 heavy (non-hydrogen) atoms. The van der Waals surface area contributed by atoms with Crippen molar-refractivity contribution < 1.29 is 4.65 Å². The van der Waals surface area contributed by atoms with Crippen molar-refractivity contribution in [3.8, 4) is 0 Å². The summed E-state index contributed by atoms with van der Waals surface area (Å²) < 4.78 is 5.58. The average molecular weight is 169 g/mol. The van der Waals surface area contributed by atoms with E-state index < -0.39 is 0 Å². The quantitative estimate of drug-likeness (QED) is 0.553. The summed E-state index contributed by atoms with van der Waals surface area (Å²) >= 11 is 0. The summed E-state index contributed by atoms with van der Waals surface area (Å²) in [6.07, 6.45) is 3.86. The van der Waals surface area contributed by atoms with Gasteiger partial charge in [-0.25, -0.2) is 0 Å². The van der Waals surface area contributed by atoms with Crippen LogP contribution >= 0.6 is 0 Å². The Bertz CT molecular complexity index is 112. The molecule has 0 aliphatic rings. The zero-order chi connectivity index (χ0) is 9.61. The van der Waals surface area contributed by atoms with E-state index in [-0.39, 0.29) is 5.31 Å². The lowest BCUT2D eigenvalue weighted by molar-refractivity contribution is 0.217. The van der Waals surface area contributed by atoms with Gasteiger partial charge in [0.15, 0.2) is 0 Å². The van der Waals surface area contributed by atoms with E-state index in [1.165, 1.54) is 12.8 Å². The maximum Gasteiger partial charge on any atom is 0.298 e. The molecule has 1 nitrogen and oxygen atoms in total. The molecule has 1 radical (unpaired) electrons. The van der Waals surface area contributed by atoms with Gasteiger partial charge in [-0.3, -0.25) is 0 Å². The van der Waals surface area contributed by atoms with Crippen molar-refractivity contribution >= 4 is 7.48 Å². The number of hydrogen-bond donors (Lipinski definition) is 0. The number of rotatable bonds is 6. The van der Waals surface area contributed by atoms with Gasteiger partial charge in [0.25, 0.3) is 7.48 Å². The SMILES string of the molecule is CCCC(C)(C)[B]OC(C)CC. The van der Waals surface area contributed by atoms with Gasteiger partial charge >= 0.3 is 0 Å². The highest BCUT2D eigenvalue weighted by Crippen LogP contribution is 2.29. The van der Waals surface area contributed by atoms with Gasteiger partial charge in [0.05, 0.1) is 0 Å². The van der Waals surface area contributed by atoms with Crippen LogP contribution in [0.25, 0.3) is 0 Å². The van der Waals surface area contributed by atoms with Crippen LogP contribution in [-0.2, 0) is 4.65 Å². The molecule has 0 aliphatic carbocycles. The fourth-order valence-electron chi connectivity index (χ4n) is 1.10. The van der Waals surface area contributed by atoms with Gasteiger partial charge in [-0.2, -0.15) is 0 Å². The average Bonchev–Trinajstić information content (AvgIpc) is 2.00. The topological polar surface area (TPSA) is 9.23 Å².